The molecule has 9 nitrogen and oxygen atoms in total. The highest BCUT2D eigenvalue weighted by Crippen LogP contribution is 2.41. The first-order valence-corrected chi connectivity index (χ1v) is 12.7. The van der Waals surface area contributed by atoms with E-state index in [2.05, 4.69) is 37.7 Å². The lowest BCUT2D eigenvalue weighted by atomic mass is 9.80. The van der Waals surface area contributed by atoms with Crippen LogP contribution in [-0.4, -0.2) is 37.1 Å². The third kappa shape index (κ3) is 4.81. The van der Waals surface area contributed by atoms with Crippen LogP contribution in [0.2, 0.25) is 0 Å². The molecule has 0 bridgehead atoms. The van der Waals surface area contributed by atoms with Crippen molar-refractivity contribution in [1.82, 2.24) is 24.8 Å². The number of nitrogens with zero attached hydrogens (tertiary/aromatic N) is 7. The van der Waals surface area contributed by atoms with Gasteiger partial charge in [-0.1, -0.05) is 11.3 Å². The monoisotopic (exact) mass is 496 g/mol. The van der Waals surface area contributed by atoms with Crippen molar-refractivity contribution >= 4 is 28.3 Å². The average molecular weight is 497 g/mol. The summed E-state index contributed by atoms with van der Waals surface area (Å²) in [5, 5.41) is 36.6. The standard InChI is InChI=1S/C26H24N8OS/c1-16(35)10-17-2-4-19(5-3-17)25-32-33-26(36-25)21-15-30-23(12-22(21)29-9-8-27)24-7-6-20-11-18(13-28)14-31-34(20)24/h6-7,11-12,14-15,17,19H,2-5,9-10H2,1H3,(H,29,30). The van der Waals surface area contributed by atoms with Crippen LogP contribution in [0, 0.1) is 28.6 Å². The van der Waals surface area contributed by atoms with E-state index >= 15 is 0 Å². The van der Waals surface area contributed by atoms with Gasteiger partial charge in [0.05, 0.1) is 40.3 Å². The number of carbonyl (C=O) groups excluding carboxylic acids is 1. The highest BCUT2D eigenvalue weighted by atomic mass is 32.1. The molecule has 4 heterocycles. The first-order valence-electron chi connectivity index (χ1n) is 11.9. The molecule has 0 atom stereocenters. The molecular formula is C26H24N8OS. The van der Waals surface area contributed by atoms with E-state index in [1.54, 1.807) is 35.0 Å². The van der Waals surface area contributed by atoms with Gasteiger partial charge < -0.3 is 10.1 Å². The Morgan fingerprint density at radius 1 is 1.17 bits per heavy atom. The van der Waals surface area contributed by atoms with Gasteiger partial charge in [-0.05, 0) is 62.8 Å². The van der Waals surface area contributed by atoms with Gasteiger partial charge in [-0.15, -0.1) is 10.2 Å². The number of anilines is 1. The zero-order valence-electron chi connectivity index (χ0n) is 19.8. The fraction of sp³-hybridized carbons (Fsp3) is 0.346. The summed E-state index contributed by atoms with van der Waals surface area (Å²) in [6.07, 6.45) is 8.07. The lowest BCUT2D eigenvalue weighted by Crippen LogP contribution is -2.15. The summed E-state index contributed by atoms with van der Waals surface area (Å²) in [6, 6.07) is 11.7. The van der Waals surface area contributed by atoms with Crippen LogP contribution >= 0.6 is 11.3 Å². The van der Waals surface area contributed by atoms with Crippen molar-refractivity contribution in [1.29, 1.82) is 10.5 Å². The van der Waals surface area contributed by atoms with Crippen LogP contribution in [0.15, 0.2) is 36.7 Å². The maximum atomic E-state index is 11.5. The number of rotatable bonds is 7. The molecule has 1 saturated carbocycles. The summed E-state index contributed by atoms with van der Waals surface area (Å²) >= 11 is 1.56. The van der Waals surface area contributed by atoms with Gasteiger partial charge in [0.2, 0.25) is 0 Å². The quantitative estimate of drug-likeness (QED) is 0.354. The first-order chi connectivity index (χ1) is 17.6. The molecule has 10 heteroatoms. The Bertz CT molecular complexity index is 1500. The lowest BCUT2D eigenvalue weighted by molar-refractivity contribution is -0.118. The summed E-state index contributed by atoms with van der Waals surface area (Å²) < 4.78 is 1.74. The van der Waals surface area contributed by atoms with Crippen LogP contribution < -0.4 is 5.32 Å². The van der Waals surface area contributed by atoms with Gasteiger partial charge in [-0.3, -0.25) is 4.98 Å². The molecule has 0 radical (unpaired) electrons. The Hall–Kier alpha value is -4.15. The third-order valence-corrected chi connectivity index (χ3v) is 7.72. The van der Waals surface area contributed by atoms with Crippen LogP contribution in [0.25, 0.3) is 27.5 Å². The number of ketones is 1. The van der Waals surface area contributed by atoms with Gasteiger partial charge in [0, 0.05) is 24.2 Å². The van der Waals surface area contributed by atoms with Crippen LogP contribution in [0.4, 0.5) is 5.69 Å². The van der Waals surface area contributed by atoms with Gasteiger partial charge >= 0.3 is 0 Å². The van der Waals surface area contributed by atoms with Gasteiger partial charge in [0.15, 0.2) is 5.01 Å². The van der Waals surface area contributed by atoms with Crippen molar-refractivity contribution in [3.05, 3.63) is 47.2 Å². The topological polar surface area (TPSA) is 133 Å². The second-order valence-corrected chi connectivity index (χ2v) is 10.1. The molecule has 0 aromatic carbocycles. The maximum Gasteiger partial charge on any atom is 0.151 e. The van der Waals surface area contributed by atoms with Crippen LogP contribution in [-0.2, 0) is 4.79 Å². The second kappa shape index (κ2) is 10.2. The summed E-state index contributed by atoms with van der Waals surface area (Å²) in [5.74, 6) is 1.11. The van der Waals surface area contributed by atoms with E-state index in [4.69, 9.17) is 10.5 Å². The zero-order valence-corrected chi connectivity index (χ0v) is 20.6. The normalized spacial score (nSPS) is 17.4. The number of carbonyl (C=O) groups is 1. The average Bonchev–Trinajstić information content (AvgIpc) is 3.55. The highest BCUT2D eigenvalue weighted by Gasteiger charge is 2.26. The molecule has 36 heavy (non-hydrogen) atoms. The number of fused-ring (bicyclic) bond motifs is 1. The molecule has 0 saturated heterocycles. The van der Waals surface area contributed by atoms with Crippen molar-refractivity contribution in [3.63, 3.8) is 0 Å². The van der Waals surface area contributed by atoms with Gasteiger partial charge in [0.25, 0.3) is 0 Å². The fourth-order valence-corrected chi connectivity index (χ4v) is 5.87. The van der Waals surface area contributed by atoms with Gasteiger partial charge in [-0.25, -0.2) is 4.52 Å². The van der Waals surface area contributed by atoms with Crippen molar-refractivity contribution < 1.29 is 4.79 Å². The Kier molecular flexibility index (Phi) is 6.70. The van der Waals surface area contributed by atoms with E-state index in [1.807, 2.05) is 18.2 Å². The molecule has 0 unspecified atom stereocenters. The maximum absolute atomic E-state index is 11.5. The minimum Gasteiger partial charge on any atom is -0.372 e. The number of pyridine rings is 1. The number of Topliss-reactive ketones (excluding diaryl/α,β-unsaturated/α-hetero) is 1. The van der Waals surface area contributed by atoms with Crippen molar-refractivity contribution in [2.24, 2.45) is 5.92 Å². The van der Waals surface area contributed by atoms with Crippen molar-refractivity contribution in [2.45, 2.75) is 44.9 Å². The number of nitriles is 2. The van der Waals surface area contributed by atoms with Crippen LogP contribution in [0.3, 0.4) is 0 Å². The Morgan fingerprint density at radius 3 is 2.75 bits per heavy atom. The van der Waals surface area contributed by atoms with Crippen LogP contribution in [0.5, 0.6) is 0 Å². The zero-order chi connectivity index (χ0) is 25.1. The second-order valence-electron chi connectivity index (χ2n) is 9.11. The Labute approximate surface area is 212 Å². The molecular weight excluding hydrogens is 472 g/mol. The van der Waals surface area contributed by atoms with E-state index in [0.29, 0.717) is 29.5 Å². The predicted molar refractivity (Wildman–Crippen MR) is 136 cm³/mol. The van der Waals surface area contributed by atoms with Gasteiger partial charge in [-0.2, -0.15) is 15.6 Å². The molecule has 1 fully saturated rings. The lowest BCUT2D eigenvalue weighted by Gasteiger charge is -2.26. The summed E-state index contributed by atoms with van der Waals surface area (Å²) in [7, 11) is 0. The third-order valence-electron chi connectivity index (χ3n) is 6.60. The minimum absolute atomic E-state index is 0.140. The highest BCUT2D eigenvalue weighted by molar-refractivity contribution is 7.14. The molecule has 0 amide bonds. The summed E-state index contributed by atoms with van der Waals surface area (Å²) in [6.45, 7) is 1.81. The molecule has 4 aromatic heterocycles. The Balaban J connectivity index is 1.42. The molecule has 1 aliphatic carbocycles. The van der Waals surface area contributed by atoms with E-state index < -0.39 is 0 Å². The minimum atomic E-state index is 0.140. The van der Waals surface area contributed by atoms with E-state index in [0.717, 1.165) is 58.2 Å². The molecule has 1 aliphatic rings. The number of nitrogens with one attached hydrogen (secondary N) is 1. The summed E-state index contributed by atoms with van der Waals surface area (Å²) in [5.41, 5.74) is 4.30. The fourth-order valence-electron chi connectivity index (χ4n) is 4.83. The van der Waals surface area contributed by atoms with Crippen LogP contribution in [0.1, 0.15) is 55.5 Å². The molecule has 4 aromatic rings. The van der Waals surface area contributed by atoms with Crippen molar-refractivity contribution in [2.75, 3.05) is 11.9 Å². The smallest absolute Gasteiger partial charge is 0.151 e. The number of hydrogen-bond donors (Lipinski definition) is 1. The number of aromatic nitrogens is 5. The molecule has 0 aliphatic heterocycles. The van der Waals surface area contributed by atoms with E-state index in [1.165, 1.54) is 6.20 Å². The first kappa shape index (κ1) is 23.6. The predicted octanol–water partition coefficient (Wildman–Crippen LogP) is 4.97. The Morgan fingerprint density at radius 2 is 2.00 bits per heavy atom. The number of hydrogen-bond acceptors (Lipinski definition) is 9. The van der Waals surface area contributed by atoms with Gasteiger partial charge in [0.1, 0.15) is 23.4 Å². The SMILES string of the molecule is CC(=O)CC1CCC(c2nnc(-c3cnc(-c4ccc5cc(C#N)cnn45)cc3NCC#N)s2)CC1. The molecule has 180 valence electrons. The molecule has 0 spiro atoms. The van der Waals surface area contributed by atoms with E-state index in [-0.39, 0.29) is 12.3 Å². The molecule has 1 N–H and O–H groups in total. The van der Waals surface area contributed by atoms with Crippen molar-refractivity contribution in [3.8, 4) is 34.1 Å². The largest absolute Gasteiger partial charge is 0.372 e. The van der Waals surface area contributed by atoms with E-state index in [9.17, 15) is 4.79 Å². The summed E-state index contributed by atoms with van der Waals surface area (Å²) in [4.78, 5) is 16.1. The molecule has 5 rings (SSSR count).